The maximum atomic E-state index is 13.0. The number of nitrogens with one attached hydrogen (secondary N) is 1. The molecule has 0 saturated carbocycles. The fourth-order valence-corrected chi connectivity index (χ4v) is 1.70. The molecule has 0 aliphatic carbocycles. The van der Waals surface area contributed by atoms with E-state index in [9.17, 15) is 4.39 Å². The van der Waals surface area contributed by atoms with Gasteiger partial charge in [-0.1, -0.05) is 0 Å². The summed E-state index contributed by atoms with van der Waals surface area (Å²) in [5.74, 6) is 0.634. The normalized spacial score (nSPS) is 10.3. The summed E-state index contributed by atoms with van der Waals surface area (Å²) in [6.07, 6.45) is 1.68. The fourth-order valence-electron chi connectivity index (χ4n) is 1.70. The van der Waals surface area contributed by atoms with E-state index in [0.29, 0.717) is 23.5 Å². The highest BCUT2D eigenvalue weighted by Gasteiger charge is 2.05. The molecule has 0 radical (unpaired) electrons. The zero-order valence-electron chi connectivity index (χ0n) is 10.7. The van der Waals surface area contributed by atoms with E-state index in [1.165, 1.54) is 0 Å². The number of ether oxygens (including phenoxy) is 1. The minimum Gasteiger partial charge on any atom is -0.497 e. The summed E-state index contributed by atoms with van der Waals surface area (Å²) in [7, 11) is 1.56. The molecule has 0 spiro atoms. The van der Waals surface area contributed by atoms with Gasteiger partial charge < -0.3 is 15.8 Å². The standard InChI is InChI=1S/C14H16FN3O/c1-19-13-4-5-14(10(6-13)7-15)18-12-3-2-11(8-16)17-9-12/h2-6,9,18H,7-8,16H2,1H3. The molecule has 1 heterocycles. The Hall–Kier alpha value is -2.14. The molecule has 0 saturated heterocycles. The van der Waals surface area contributed by atoms with Gasteiger partial charge in [-0.2, -0.15) is 0 Å². The lowest BCUT2D eigenvalue weighted by Gasteiger charge is -2.11. The summed E-state index contributed by atoms with van der Waals surface area (Å²) < 4.78 is 18.1. The number of benzene rings is 1. The van der Waals surface area contributed by atoms with Crippen LogP contribution in [0.1, 0.15) is 11.3 Å². The van der Waals surface area contributed by atoms with Crippen LogP contribution < -0.4 is 15.8 Å². The Kier molecular flexibility index (Phi) is 4.30. The third-order valence-electron chi connectivity index (χ3n) is 2.77. The maximum Gasteiger partial charge on any atom is 0.119 e. The van der Waals surface area contributed by atoms with Crippen LogP contribution in [0.15, 0.2) is 36.5 Å². The van der Waals surface area contributed by atoms with Crippen LogP contribution in [0.5, 0.6) is 5.75 Å². The molecule has 0 unspecified atom stereocenters. The van der Waals surface area contributed by atoms with Crippen LogP contribution in [-0.2, 0) is 13.2 Å². The largest absolute Gasteiger partial charge is 0.497 e. The van der Waals surface area contributed by atoms with E-state index in [4.69, 9.17) is 10.5 Å². The van der Waals surface area contributed by atoms with Crippen molar-refractivity contribution in [3.05, 3.63) is 47.8 Å². The number of anilines is 2. The second-order valence-corrected chi connectivity index (χ2v) is 4.02. The van der Waals surface area contributed by atoms with Crippen molar-refractivity contribution in [1.82, 2.24) is 4.98 Å². The van der Waals surface area contributed by atoms with Crippen LogP contribution in [0.3, 0.4) is 0 Å². The average molecular weight is 261 g/mol. The smallest absolute Gasteiger partial charge is 0.119 e. The monoisotopic (exact) mass is 261 g/mol. The highest BCUT2D eigenvalue weighted by atomic mass is 19.1. The van der Waals surface area contributed by atoms with Crippen LogP contribution in [0.2, 0.25) is 0 Å². The van der Waals surface area contributed by atoms with Crippen molar-refractivity contribution in [3.8, 4) is 5.75 Å². The number of rotatable bonds is 5. The van der Waals surface area contributed by atoms with Gasteiger partial charge in [0.05, 0.1) is 24.7 Å². The Labute approximate surface area is 111 Å². The highest BCUT2D eigenvalue weighted by molar-refractivity contribution is 5.63. The van der Waals surface area contributed by atoms with Crippen molar-refractivity contribution in [2.75, 3.05) is 12.4 Å². The lowest BCUT2D eigenvalue weighted by Crippen LogP contribution is -2.00. The number of aromatic nitrogens is 1. The predicted molar refractivity (Wildman–Crippen MR) is 73.2 cm³/mol. The topological polar surface area (TPSA) is 60.2 Å². The van der Waals surface area contributed by atoms with Crippen molar-refractivity contribution < 1.29 is 9.13 Å². The number of methoxy groups -OCH3 is 1. The third kappa shape index (κ3) is 3.20. The van der Waals surface area contributed by atoms with E-state index in [2.05, 4.69) is 10.3 Å². The molecule has 1 aromatic heterocycles. The predicted octanol–water partition coefficient (Wildman–Crippen LogP) is 2.76. The van der Waals surface area contributed by atoms with Crippen LogP contribution in [0.25, 0.3) is 0 Å². The quantitative estimate of drug-likeness (QED) is 0.868. The third-order valence-corrected chi connectivity index (χ3v) is 2.77. The molecule has 1 aromatic carbocycles. The van der Waals surface area contributed by atoms with Gasteiger partial charge in [0.1, 0.15) is 12.4 Å². The Morgan fingerprint density at radius 1 is 1.32 bits per heavy atom. The zero-order chi connectivity index (χ0) is 13.7. The first-order valence-electron chi connectivity index (χ1n) is 5.91. The minimum atomic E-state index is -0.562. The average Bonchev–Trinajstić information content (AvgIpc) is 2.48. The number of alkyl halides is 1. The molecule has 2 aromatic rings. The second-order valence-electron chi connectivity index (χ2n) is 4.02. The number of nitrogens with two attached hydrogens (primary N) is 1. The molecule has 0 aliphatic rings. The molecule has 0 atom stereocenters. The summed E-state index contributed by atoms with van der Waals surface area (Å²) in [6, 6.07) is 8.93. The number of hydrogen-bond donors (Lipinski definition) is 2. The van der Waals surface area contributed by atoms with E-state index in [1.807, 2.05) is 12.1 Å². The van der Waals surface area contributed by atoms with Crippen molar-refractivity contribution in [2.24, 2.45) is 5.73 Å². The maximum absolute atomic E-state index is 13.0. The van der Waals surface area contributed by atoms with Crippen molar-refractivity contribution in [1.29, 1.82) is 0 Å². The molecule has 0 aliphatic heterocycles. The molecule has 0 fully saturated rings. The Morgan fingerprint density at radius 3 is 2.74 bits per heavy atom. The summed E-state index contributed by atoms with van der Waals surface area (Å²) in [5, 5.41) is 3.13. The SMILES string of the molecule is COc1ccc(Nc2ccc(CN)nc2)c(CF)c1. The molecule has 0 bridgehead atoms. The fraction of sp³-hybridized carbons (Fsp3) is 0.214. The molecular formula is C14H16FN3O. The van der Waals surface area contributed by atoms with E-state index in [1.54, 1.807) is 31.5 Å². The summed E-state index contributed by atoms with van der Waals surface area (Å²) >= 11 is 0. The summed E-state index contributed by atoms with van der Waals surface area (Å²) in [5.41, 5.74) is 8.33. The molecule has 19 heavy (non-hydrogen) atoms. The Morgan fingerprint density at radius 2 is 2.16 bits per heavy atom. The van der Waals surface area contributed by atoms with Gasteiger partial charge in [0.25, 0.3) is 0 Å². The molecular weight excluding hydrogens is 245 g/mol. The van der Waals surface area contributed by atoms with Crippen molar-refractivity contribution in [3.63, 3.8) is 0 Å². The van der Waals surface area contributed by atoms with E-state index < -0.39 is 6.67 Å². The minimum absolute atomic E-state index is 0.401. The van der Waals surface area contributed by atoms with Gasteiger partial charge in [0.2, 0.25) is 0 Å². The van der Waals surface area contributed by atoms with Gasteiger partial charge in [-0.05, 0) is 30.3 Å². The molecule has 0 amide bonds. The van der Waals surface area contributed by atoms with Gasteiger partial charge in [0.15, 0.2) is 0 Å². The van der Waals surface area contributed by atoms with Gasteiger partial charge in [0, 0.05) is 17.8 Å². The first kappa shape index (κ1) is 13.3. The second kappa shape index (κ2) is 6.15. The van der Waals surface area contributed by atoms with Gasteiger partial charge >= 0.3 is 0 Å². The Balaban J connectivity index is 2.21. The molecule has 4 nitrogen and oxygen atoms in total. The molecule has 2 rings (SSSR count). The lowest BCUT2D eigenvalue weighted by molar-refractivity contribution is 0.412. The van der Waals surface area contributed by atoms with Crippen LogP contribution in [0, 0.1) is 0 Å². The van der Waals surface area contributed by atoms with Crippen LogP contribution in [-0.4, -0.2) is 12.1 Å². The van der Waals surface area contributed by atoms with E-state index >= 15 is 0 Å². The van der Waals surface area contributed by atoms with Crippen LogP contribution >= 0.6 is 0 Å². The number of nitrogens with zero attached hydrogens (tertiary/aromatic N) is 1. The van der Waals surface area contributed by atoms with Gasteiger partial charge in [-0.25, -0.2) is 4.39 Å². The molecule has 3 N–H and O–H groups in total. The highest BCUT2D eigenvalue weighted by Crippen LogP contribution is 2.25. The summed E-state index contributed by atoms with van der Waals surface area (Å²) in [6.45, 7) is -0.160. The first-order chi connectivity index (χ1) is 9.26. The summed E-state index contributed by atoms with van der Waals surface area (Å²) in [4.78, 5) is 4.18. The molecule has 5 heteroatoms. The van der Waals surface area contributed by atoms with Crippen molar-refractivity contribution >= 4 is 11.4 Å². The van der Waals surface area contributed by atoms with Gasteiger partial charge in [-0.3, -0.25) is 4.98 Å². The number of hydrogen-bond acceptors (Lipinski definition) is 4. The van der Waals surface area contributed by atoms with E-state index in [0.717, 1.165) is 11.4 Å². The van der Waals surface area contributed by atoms with Crippen molar-refractivity contribution in [2.45, 2.75) is 13.2 Å². The number of halogens is 1. The molecule has 100 valence electrons. The number of pyridine rings is 1. The zero-order valence-corrected chi connectivity index (χ0v) is 10.7. The van der Waals surface area contributed by atoms with Gasteiger partial charge in [-0.15, -0.1) is 0 Å². The Bertz CT molecular complexity index is 543. The van der Waals surface area contributed by atoms with E-state index in [-0.39, 0.29) is 0 Å². The first-order valence-corrected chi connectivity index (χ1v) is 5.91. The van der Waals surface area contributed by atoms with Crippen LogP contribution in [0.4, 0.5) is 15.8 Å². The lowest BCUT2D eigenvalue weighted by atomic mass is 10.1.